The summed E-state index contributed by atoms with van der Waals surface area (Å²) in [5.41, 5.74) is 0. The number of hydrogen-bond acceptors (Lipinski definition) is 6. The average Bonchev–Trinajstić information content (AvgIpc) is 3.17. The first-order chi connectivity index (χ1) is 12.2. The van der Waals surface area contributed by atoms with Crippen LogP contribution in [-0.4, -0.2) is 80.3 Å². The summed E-state index contributed by atoms with van der Waals surface area (Å²) in [5.74, 6) is -1.01. The van der Waals surface area contributed by atoms with Crippen molar-refractivity contribution >= 4 is 23.2 Å². The molecule has 1 N–H and O–H groups in total. The van der Waals surface area contributed by atoms with Crippen molar-refractivity contribution in [3.05, 3.63) is 22.4 Å². The molecule has 3 heterocycles. The molecule has 1 aromatic heterocycles. The molecular formula is C17H25N3O4S. The predicted octanol–water partition coefficient (Wildman–Crippen LogP) is 0.485. The zero-order valence-electron chi connectivity index (χ0n) is 14.5. The van der Waals surface area contributed by atoms with Crippen LogP contribution in [-0.2, 0) is 19.1 Å². The number of hydrogen-bond donors (Lipinski definition) is 1. The van der Waals surface area contributed by atoms with Gasteiger partial charge in [-0.3, -0.25) is 14.5 Å². The van der Waals surface area contributed by atoms with Gasteiger partial charge in [-0.15, -0.1) is 11.3 Å². The molecule has 2 amide bonds. The lowest BCUT2D eigenvalue weighted by molar-refractivity contribution is -0.149. The van der Waals surface area contributed by atoms with E-state index in [1.807, 2.05) is 18.4 Å². The fourth-order valence-corrected chi connectivity index (χ4v) is 4.28. The summed E-state index contributed by atoms with van der Waals surface area (Å²) >= 11 is 1.67. The topological polar surface area (TPSA) is 71.1 Å². The van der Waals surface area contributed by atoms with Crippen LogP contribution < -0.4 is 5.32 Å². The van der Waals surface area contributed by atoms with Crippen molar-refractivity contribution in [2.45, 2.75) is 19.0 Å². The van der Waals surface area contributed by atoms with Gasteiger partial charge in [-0.1, -0.05) is 6.07 Å². The second-order valence-electron chi connectivity index (χ2n) is 6.28. The fraction of sp³-hybridized carbons (Fsp3) is 0.647. The van der Waals surface area contributed by atoms with Gasteiger partial charge in [0.2, 0.25) is 0 Å². The molecular weight excluding hydrogens is 342 g/mol. The van der Waals surface area contributed by atoms with Crippen molar-refractivity contribution in [1.29, 1.82) is 0 Å². The van der Waals surface area contributed by atoms with Crippen molar-refractivity contribution < 1.29 is 19.1 Å². The predicted molar refractivity (Wildman–Crippen MR) is 94.5 cm³/mol. The number of nitrogens with one attached hydrogen (secondary N) is 1. The number of rotatable bonds is 4. The van der Waals surface area contributed by atoms with Crippen LogP contribution in [0.5, 0.6) is 0 Å². The van der Waals surface area contributed by atoms with Crippen molar-refractivity contribution in [2.75, 3.05) is 52.6 Å². The summed E-state index contributed by atoms with van der Waals surface area (Å²) in [7, 11) is 0. The van der Waals surface area contributed by atoms with Gasteiger partial charge >= 0.3 is 11.8 Å². The van der Waals surface area contributed by atoms with Crippen molar-refractivity contribution in [1.82, 2.24) is 15.1 Å². The molecule has 0 bridgehead atoms. The van der Waals surface area contributed by atoms with Crippen LogP contribution in [0.4, 0.5) is 0 Å². The Morgan fingerprint density at radius 3 is 2.36 bits per heavy atom. The number of thiophene rings is 1. The summed E-state index contributed by atoms with van der Waals surface area (Å²) in [4.78, 5) is 29.8. The molecule has 0 aliphatic carbocycles. The molecule has 1 aromatic rings. The lowest BCUT2D eigenvalue weighted by Gasteiger charge is -2.37. The minimum Gasteiger partial charge on any atom is -0.379 e. The highest BCUT2D eigenvalue weighted by molar-refractivity contribution is 7.10. The van der Waals surface area contributed by atoms with Crippen LogP contribution in [0.15, 0.2) is 17.5 Å². The Bertz CT molecular complexity index is 568. The molecule has 0 spiro atoms. The lowest BCUT2D eigenvalue weighted by atomic mass is 10.1. The van der Waals surface area contributed by atoms with E-state index in [9.17, 15) is 9.59 Å². The van der Waals surface area contributed by atoms with Gasteiger partial charge in [-0.05, 0) is 18.4 Å². The van der Waals surface area contributed by atoms with Gasteiger partial charge in [0.15, 0.2) is 0 Å². The highest BCUT2D eigenvalue weighted by atomic mass is 32.1. The minimum absolute atomic E-state index is 0.0466. The average molecular weight is 367 g/mol. The largest absolute Gasteiger partial charge is 0.379 e. The second kappa shape index (κ2) is 8.75. The van der Waals surface area contributed by atoms with Gasteiger partial charge in [0.05, 0.1) is 32.5 Å². The minimum atomic E-state index is -0.538. The quantitative estimate of drug-likeness (QED) is 0.784. The Labute approximate surface area is 151 Å². The zero-order valence-corrected chi connectivity index (χ0v) is 15.3. The standard InChI is InChI=1S/C17H25N3O4S/c1-13(18-16(21)17(22)20-6-10-24-11-7-20)15(14-3-2-12-25-14)19-4-8-23-9-5-19/h2-3,12-13,15H,4-11H2,1H3,(H,18,21). The summed E-state index contributed by atoms with van der Waals surface area (Å²) in [6, 6.07) is 3.97. The maximum absolute atomic E-state index is 12.4. The van der Waals surface area contributed by atoms with Gasteiger partial charge in [-0.25, -0.2) is 0 Å². The highest BCUT2D eigenvalue weighted by Gasteiger charge is 2.32. The van der Waals surface area contributed by atoms with E-state index in [1.165, 1.54) is 4.88 Å². The van der Waals surface area contributed by atoms with Crippen LogP contribution in [0.2, 0.25) is 0 Å². The normalized spacial score (nSPS) is 21.6. The molecule has 0 radical (unpaired) electrons. The molecule has 138 valence electrons. The van der Waals surface area contributed by atoms with Crippen LogP contribution >= 0.6 is 11.3 Å². The first-order valence-corrected chi connectivity index (χ1v) is 9.57. The zero-order chi connectivity index (χ0) is 17.6. The van der Waals surface area contributed by atoms with Crippen LogP contribution in [0.25, 0.3) is 0 Å². The van der Waals surface area contributed by atoms with Gasteiger partial charge in [0, 0.05) is 37.1 Å². The van der Waals surface area contributed by atoms with E-state index < -0.39 is 11.8 Å². The molecule has 0 saturated carbocycles. The molecule has 0 aromatic carbocycles. The van der Waals surface area contributed by atoms with Crippen molar-refractivity contribution in [3.63, 3.8) is 0 Å². The van der Waals surface area contributed by atoms with E-state index in [0.717, 1.165) is 13.1 Å². The Balaban J connectivity index is 1.66. The summed E-state index contributed by atoms with van der Waals surface area (Å²) in [6.07, 6.45) is 0. The highest BCUT2D eigenvalue weighted by Crippen LogP contribution is 2.29. The molecule has 2 fully saturated rings. The third-order valence-electron chi connectivity index (χ3n) is 4.60. The molecule has 2 atom stereocenters. The summed E-state index contributed by atoms with van der Waals surface area (Å²) in [5, 5.41) is 4.95. The Hall–Kier alpha value is -1.48. The number of ether oxygens (including phenoxy) is 2. The summed E-state index contributed by atoms with van der Waals surface area (Å²) < 4.78 is 10.7. The van der Waals surface area contributed by atoms with Crippen molar-refractivity contribution in [2.24, 2.45) is 0 Å². The number of carbonyl (C=O) groups excluding carboxylic acids is 2. The maximum atomic E-state index is 12.4. The second-order valence-corrected chi connectivity index (χ2v) is 7.25. The molecule has 7 nitrogen and oxygen atoms in total. The van der Waals surface area contributed by atoms with Gasteiger partial charge in [0.1, 0.15) is 0 Å². The molecule has 3 rings (SSSR count). The molecule has 2 saturated heterocycles. The van der Waals surface area contributed by atoms with E-state index in [-0.39, 0.29) is 12.1 Å². The number of nitrogens with zero attached hydrogens (tertiary/aromatic N) is 2. The van der Waals surface area contributed by atoms with E-state index in [0.29, 0.717) is 39.5 Å². The number of carbonyl (C=O) groups is 2. The first kappa shape index (κ1) is 18.3. The van der Waals surface area contributed by atoms with Crippen LogP contribution in [0.1, 0.15) is 17.8 Å². The van der Waals surface area contributed by atoms with E-state index in [2.05, 4.69) is 16.3 Å². The Morgan fingerprint density at radius 2 is 1.76 bits per heavy atom. The van der Waals surface area contributed by atoms with Gasteiger partial charge < -0.3 is 19.7 Å². The molecule has 2 aliphatic rings. The monoisotopic (exact) mass is 367 g/mol. The van der Waals surface area contributed by atoms with Crippen molar-refractivity contribution in [3.8, 4) is 0 Å². The Kier molecular flexibility index (Phi) is 6.41. The molecule has 2 unspecified atom stereocenters. The van der Waals surface area contributed by atoms with Crippen LogP contribution in [0.3, 0.4) is 0 Å². The molecule has 2 aliphatic heterocycles. The van der Waals surface area contributed by atoms with E-state index in [4.69, 9.17) is 9.47 Å². The Morgan fingerprint density at radius 1 is 1.12 bits per heavy atom. The van der Waals surface area contributed by atoms with Gasteiger partial charge in [0.25, 0.3) is 0 Å². The van der Waals surface area contributed by atoms with Crippen LogP contribution in [0, 0.1) is 0 Å². The number of amides is 2. The number of morpholine rings is 2. The first-order valence-electron chi connectivity index (χ1n) is 8.69. The third-order valence-corrected chi connectivity index (χ3v) is 5.54. The van der Waals surface area contributed by atoms with E-state index in [1.54, 1.807) is 16.2 Å². The fourth-order valence-electron chi connectivity index (χ4n) is 3.32. The molecule has 25 heavy (non-hydrogen) atoms. The molecule has 8 heteroatoms. The lowest BCUT2D eigenvalue weighted by Crippen LogP contribution is -2.53. The SMILES string of the molecule is CC(NC(=O)C(=O)N1CCOCC1)C(c1cccs1)N1CCOCC1. The third kappa shape index (κ3) is 4.58. The smallest absolute Gasteiger partial charge is 0.312 e. The summed E-state index contributed by atoms with van der Waals surface area (Å²) in [6.45, 7) is 6.90. The van der Waals surface area contributed by atoms with E-state index >= 15 is 0 Å². The van der Waals surface area contributed by atoms with Gasteiger partial charge in [-0.2, -0.15) is 0 Å². The maximum Gasteiger partial charge on any atom is 0.312 e.